The maximum atomic E-state index is 12.3. The van der Waals surface area contributed by atoms with E-state index in [4.69, 9.17) is 9.84 Å². The number of ether oxygens (including phenoxy) is 1. The number of aryl methyl sites for hydroxylation is 1. The summed E-state index contributed by atoms with van der Waals surface area (Å²) in [5.41, 5.74) is 3.18. The van der Waals surface area contributed by atoms with Crippen LogP contribution >= 0.6 is 23.5 Å². The third-order valence-electron chi connectivity index (χ3n) is 4.99. The second-order valence-electron chi connectivity index (χ2n) is 7.82. The molecule has 1 aliphatic carbocycles. The Morgan fingerprint density at radius 1 is 1.29 bits per heavy atom. The Labute approximate surface area is 192 Å². The predicted molar refractivity (Wildman–Crippen MR) is 126 cm³/mol. The predicted octanol–water partition coefficient (Wildman–Crippen LogP) is 2.86. The molecular weight excluding hydrogens is 436 g/mol. The molecule has 31 heavy (non-hydrogen) atoms. The van der Waals surface area contributed by atoms with Crippen LogP contribution in [-0.2, 0) is 27.4 Å². The van der Waals surface area contributed by atoms with Gasteiger partial charge in [-0.1, -0.05) is 35.9 Å². The maximum Gasteiger partial charge on any atom is 0.313 e. The van der Waals surface area contributed by atoms with E-state index in [1.807, 2.05) is 19.1 Å². The van der Waals surface area contributed by atoms with Gasteiger partial charge in [0.25, 0.3) is 0 Å². The van der Waals surface area contributed by atoms with E-state index in [9.17, 15) is 19.8 Å². The van der Waals surface area contributed by atoms with Gasteiger partial charge in [-0.15, -0.1) is 11.8 Å². The average Bonchev–Trinajstić information content (AvgIpc) is 2.95. The molecule has 0 saturated heterocycles. The number of thioether (sulfide) groups is 2. The summed E-state index contributed by atoms with van der Waals surface area (Å²) >= 11 is 2.87. The number of hydrogen-bond acceptors (Lipinski definition) is 7. The van der Waals surface area contributed by atoms with Crippen molar-refractivity contribution >= 4 is 35.3 Å². The van der Waals surface area contributed by atoms with Gasteiger partial charge in [-0.2, -0.15) is 11.8 Å². The van der Waals surface area contributed by atoms with Gasteiger partial charge in [0.1, 0.15) is 5.78 Å². The van der Waals surface area contributed by atoms with Crippen molar-refractivity contribution in [3.8, 4) is 0 Å². The number of carboxylic acid groups (broad SMARTS) is 1. The van der Waals surface area contributed by atoms with Crippen molar-refractivity contribution in [1.82, 2.24) is 0 Å². The molecule has 0 aromatic heterocycles. The summed E-state index contributed by atoms with van der Waals surface area (Å²) in [5, 5.41) is 29.1. The molecule has 1 fully saturated rings. The lowest BCUT2D eigenvalue weighted by molar-refractivity contribution is -0.133. The van der Waals surface area contributed by atoms with Gasteiger partial charge >= 0.3 is 5.97 Å². The van der Waals surface area contributed by atoms with Gasteiger partial charge in [0, 0.05) is 25.9 Å². The number of carbonyl (C=O) groups is 2. The Kier molecular flexibility index (Phi) is 11.1. The van der Waals surface area contributed by atoms with Crippen molar-refractivity contribution < 1.29 is 29.6 Å². The van der Waals surface area contributed by atoms with Crippen LogP contribution in [0.15, 0.2) is 30.4 Å². The van der Waals surface area contributed by atoms with Gasteiger partial charge < -0.3 is 20.1 Å². The fourth-order valence-corrected chi connectivity index (χ4v) is 5.91. The summed E-state index contributed by atoms with van der Waals surface area (Å²) in [6.45, 7) is 2.53. The molecule has 4 atom stereocenters. The first-order chi connectivity index (χ1) is 14.8. The van der Waals surface area contributed by atoms with Crippen molar-refractivity contribution in [3.63, 3.8) is 0 Å². The molecule has 0 heterocycles. The number of carboxylic acids is 1. The van der Waals surface area contributed by atoms with Crippen molar-refractivity contribution in [2.75, 3.05) is 24.4 Å². The van der Waals surface area contributed by atoms with Crippen molar-refractivity contribution in [2.24, 2.45) is 5.92 Å². The smallest absolute Gasteiger partial charge is 0.313 e. The highest BCUT2D eigenvalue weighted by Gasteiger charge is 2.40. The topological polar surface area (TPSA) is 104 Å². The zero-order valence-electron chi connectivity index (χ0n) is 18.0. The Morgan fingerprint density at radius 2 is 2.03 bits per heavy atom. The first-order valence-corrected chi connectivity index (χ1v) is 12.6. The van der Waals surface area contributed by atoms with E-state index in [-0.39, 0.29) is 29.1 Å². The molecule has 1 aromatic rings. The van der Waals surface area contributed by atoms with Crippen molar-refractivity contribution in [3.05, 3.63) is 47.0 Å². The molecule has 172 valence electrons. The molecular formula is C23H32O6S2. The van der Waals surface area contributed by atoms with Crippen LogP contribution in [0.25, 0.3) is 0 Å². The van der Waals surface area contributed by atoms with Gasteiger partial charge in [0.05, 0.1) is 29.8 Å². The lowest BCUT2D eigenvalue weighted by atomic mass is 9.99. The number of carbonyl (C=O) groups excluding carboxylic acids is 1. The monoisotopic (exact) mass is 468 g/mol. The van der Waals surface area contributed by atoms with Crippen LogP contribution in [0.4, 0.5) is 0 Å². The number of ketones is 1. The third kappa shape index (κ3) is 8.98. The number of hydrogen-bond donors (Lipinski definition) is 3. The molecule has 8 heteroatoms. The van der Waals surface area contributed by atoms with E-state index in [1.165, 1.54) is 23.5 Å². The van der Waals surface area contributed by atoms with Gasteiger partial charge in [-0.05, 0) is 36.0 Å². The fourth-order valence-electron chi connectivity index (χ4n) is 3.72. The van der Waals surface area contributed by atoms with Crippen LogP contribution < -0.4 is 0 Å². The van der Waals surface area contributed by atoms with E-state index in [2.05, 4.69) is 6.07 Å². The van der Waals surface area contributed by atoms with Crippen LogP contribution in [0.5, 0.6) is 0 Å². The molecule has 1 aliphatic rings. The number of methoxy groups -OCH3 is 1. The minimum atomic E-state index is -0.823. The normalized spacial score (nSPS) is 22.3. The molecule has 0 spiro atoms. The molecule has 0 radical (unpaired) electrons. The third-order valence-corrected chi connectivity index (χ3v) is 7.47. The van der Waals surface area contributed by atoms with Crippen LogP contribution in [0.2, 0.25) is 0 Å². The Balaban J connectivity index is 1.89. The van der Waals surface area contributed by atoms with Gasteiger partial charge in [0.15, 0.2) is 0 Å². The van der Waals surface area contributed by atoms with Crippen molar-refractivity contribution in [1.29, 1.82) is 0 Å². The molecule has 6 nitrogen and oxygen atoms in total. The molecule has 1 saturated carbocycles. The quantitative estimate of drug-likeness (QED) is 0.300. The molecule has 1 aromatic carbocycles. The highest BCUT2D eigenvalue weighted by Crippen LogP contribution is 2.34. The summed E-state index contributed by atoms with van der Waals surface area (Å²) in [6.07, 6.45) is 3.40. The molecule has 2 rings (SSSR count). The SMILES string of the molecule is COCc1cc(C)cc(CC(O)C=C[C@H]2C(O)CC(=O)C2SCCCSCC(=O)O)c1. The number of rotatable bonds is 13. The largest absolute Gasteiger partial charge is 0.481 e. The first-order valence-electron chi connectivity index (χ1n) is 10.4. The Morgan fingerprint density at radius 3 is 2.74 bits per heavy atom. The first kappa shape index (κ1) is 25.9. The van der Waals surface area contributed by atoms with Gasteiger partial charge in [-0.25, -0.2) is 0 Å². The summed E-state index contributed by atoms with van der Waals surface area (Å²) in [4.78, 5) is 22.8. The second kappa shape index (κ2) is 13.3. The minimum Gasteiger partial charge on any atom is -0.481 e. The average molecular weight is 469 g/mol. The standard InChI is InChI=1S/C23H32O6S2/c1-15-8-16(10-17(9-15)13-29-2)11-18(24)4-5-19-20(25)12-21(26)23(19)31-7-3-6-30-14-22(27)28/h4-5,8-10,18-20,23-25H,3,6-7,11-14H2,1-2H3,(H,27,28)/t18?,19-,20?,23?/m0/s1. The lowest BCUT2D eigenvalue weighted by Gasteiger charge is -2.18. The second-order valence-corrected chi connectivity index (χ2v) is 10.2. The van der Waals surface area contributed by atoms with Crippen LogP contribution in [0.1, 0.15) is 29.5 Å². The van der Waals surface area contributed by atoms with E-state index in [1.54, 1.807) is 19.3 Å². The van der Waals surface area contributed by atoms with Crippen LogP contribution in [0.3, 0.4) is 0 Å². The Hall–Kier alpha value is -1.32. The number of aliphatic hydroxyl groups is 2. The zero-order chi connectivity index (χ0) is 22.8. The number of Topliss-reactive ketones (excluding diaryl/α,β-unsaturated/α-hetero) is 1. The number of benzene rings is 1. The number of aliphatic hydroxyl groups excluding tert-OH is 2. The molecule has 0 amide bonds. The Bertz CT molecular complexity index is 766. The van der Waals surface area contributed by atoms with E-state index >= 15 is 0 Å². The van der Waals surface area contributed by atoms with Gasteiger partial charge in [-0.3, -0.25) is 9.59 Å². The fraction of sp³-hybridized carbons (Fsp3) is 0.565. The highest BCUT2D eigenvalue weighted by molar-refractivity contribution is 8.01. The molecule has 0 bridgehead atoms. The van der Waals surface area contributed by atoms with Crippen LogP contribution in [-0.4, -0.2) is 68.9 Å². The van der Waals surface area contributed by atoms with Crippen LogP contribution in [0, 0.1) is 12.8 Å². The summed E-state index contributed by atoms with van der Waals surface area (Å²) < 4.78 is 5.19. The van der Waals surface area contributed by atoms with Gasteiger partial charge in [0.2, 0.25) is 0 Å². The summed E-state index contributed by atoms with van der Waals surface area (Å²) in [5.74, 6) is 0.430. The van der Waals surface area contributed by atoms with E-state index in [0.29, 0.717) is 13.0 Å². The van der Waals surface area contributed by atoms with E-state index in [0.717, 1.165) is 34.6 Å². The molecule has 0 aliphatic heterocycles. The highest BCUT2D eigenvalue weighted by atomic mass is 32.2. The maximum absolute atomic E-state index is 12.3. The molecule has 3 unspecified atom stereocenters. The number of aliphatic carboxylic acids is 1. The lowest BCUT2D eigenvalue weighted by Crippen LogP contribution is -2.22. The van der Waals surface area contributed by atoms with E-state index < -0.39 is 18.2 Å². The van der Waals surface area contributed by atoms with Crippen molar-refractivity contribution in [2.45, 2.75) is 50.3 Å². The molecule has 3 N–H and O–H groups in total. The minimum absolute atomic E-state index is 0.0303. The summed E-state index contributed by atoms with van der Waals surface area (Å²) in [6, 6.07) is 6.10. The summed E-state index contributed by atoms with van der Waals surface area (Å²) in [7, 11) is 1.65. The zero-order valence-corrected chi connectivity index (χ0v) is 19.7.